The Kier molecular flexibility index (Phi) is 5.50. The first-order chi connectivity index (χ1) is 13.7. The van der Waals surface area contributed by atoms with Crippen LogP contribution in [-0.4, -0.2) is 47.4 Å². The Balaban J connectivity index is 2.12. The van der Waals surface area contributed by atoms with Crippen LogP contribution in [0, 0.1) is 0 Å². The summed E-state index contributed by atoms with van der Waals surface area (Å²) in [6.45, 7) is 1.38. The highest BCUT2D eigenvalue weighted by Gasteiger charge is 2.17. The first kappa shape index (κ1) is 20.3. The summed E-state index contributed by atoms with van der Waals surface area (Å²) in [5, 5.41) is 9.98. The van der Waals surface area contributed by atoms with Gasteiger partial charge in [0.15, 0.2) is 26.4 Å². The number of rotatable bonds is 6. The smallest absolute Gasteiger partial charge is 0.222 e. The Morgan fingerprint density at radius 1 is 1.24 bits per heavy atom. The predicted molar refractivity (Wildman–Crippen MR) is 108 cm³/mol. The second-order valence-corrected chi connectivity index (χ2v) is 8.23. The molecule has 3 aromatic rings. The molecule has 0 aliphatic carbocycles. The molecule has 152 valence electrons. The Morgan fingerprint density at radius 2 is 2.00 bits per heavy atom. The van der Waals surface area contributed by atoms with Crippen LogP contribution in [0.15, 0.2) is 41.7 Å². The van der Waals surface area contributed by atoms with E-state index in [1.807, 2.05) is 0 Å². The van der Waals surface area contributed by atoms with Gasteiger partial charge in [-0.25, -0.2) is 18.4 Å². The molecule has 0 saturated heterocycles. The van der Waals surface area contributed by atoms with Crippen molar-refractivity contribution in [3.8, 4) is 17.0 Å². The van der Waals surface area contributed by atoms with Crippen molar-refractivity contribution in [3.05, 3.63) is 36.7 Å². The number of carbonyl (C=O) groups is 1. The quantitative estimate of drug-likeness (QED) is 0.624. The number of methoxy groups -OCH3 is 1. The molecule has 3 aromatic heterocycles. The summed E-state index contributed by atoms with van der Waals surface area (Å²) in [6.07, 6.45) is 4.42. The van der Waals surface area contributed by atoms with Crippen molar-refractivity contribution in [1.82, 2.24) is 19.7 Å². The number of carbonyl (C=O) groups excluding carboxylic acids is 1. The van der Waals surface area contributed by atoms with Gasteiger partial charge in [-0.05, 0) is 18.2 Å². The molecule has 0 unspecified atom stereocenters. The average molecular weight is 416 g/mol. The fraction of sp³-hybridized carbons (Fsp3) is 0.222. The maximum atomic E-state index is 11.9. The first-order valence-corrected chi connectivity index (χ1v) is 10.4. The number of aromatic nitrogens is 4. The van der Waals surface area contributed by atoms with Crippen molar-refractivity contribution >= 4 is 33.1 Å². The number of nitrogens with zero attached hydrogens (tertiary/aromatic N) is 4. The first-order valence-electron chi connectivity index (χ1n) is 8.47. The number of pyridine rings is 2. The van der Waals surface area contributed by atoms with E-state index in [1.54, 1.807) is 36.3 Å². The fourth-order valence-corrected chi connectivity index (χ4v) is 3.16. The molecule has 2 N–H and O–H groups in total. The maximum Gasteiger partial charge on any atom is 0.222 e. The van der Waals surface area contributed by atoms with Crippen molar-refractivity contribution in [2.45, 2.75) is 11.9 Å². The van der Waals surface area contributed by atoms with Crippen molar-refractivity contribution in [2.24, 2.45) is 7.05 Å². The normalized spacial score (nSPS) is 11.2. The molecule has 0 radical (unpaired) electrons. The highest BCUT2D eigenvalue weighted by atomic mass is 32.2. The van der Waals surface area contributed by atoms with Crippen LogP contribution >= 0.6 is 0 Å². The fourth-order valence-electron chi connectivity index (χ4n) is 2.59. The van der Waals surface area contributed by atoms with Gasteiger partial charge in [-0.2, -0.15) is 5.10 Å². The Morgan fingerprint density at radius 3 is 2.59 bits per heavy atom. The second-order valence-electron chi connectivity index (χ2n) is 6.27. The lowest BCUT2D eigenvalue weighted by Gasteiger charge is -2.15. The molecule has 11 heteroatoms. The minimum absolute atomic E-state index is 0.101. The van der Waals surface area contributed by atoms with E-state index in [0.717, 1.165) is 6.26 Å². The van der Waals surface area contributed by atoms with Gasteiger partial charge in [0.25, 0.3) is 0 Å². The van der Waals surface area contributed by atoms with E-state index in [0.29, 0.717) is 28.5 Å². The molecule has 0 fully saturated rings. The number of anilines is 3. The van der Waals surface area contributed by atoms with E-state index in [2.05, 4.69) is 25.7 Å². The van der Waals surface area contributed by atoms with E-state index >= 15 is 0 Å². The van der Waals surface area contributed by atoms with Gasteiger partial charge in [-0.1, -0.05) is 0 Å². The molecule has 29 heavy (non-hydrogen) atoms. The van der Waals surface area contributed by atoms with Gasteiger partial charge < -0.3 is 15.4 Å². The summed E-state index contributed by atoms with van der Waals surface area (Å²) in [5.41, 5.74) is 1.78. The molecular formula is C18H20N6O4S. The van der Waals surface area contributed by atoms with E-state index in [1.165, 1.54) is 26.2 Å². The molecule has 0 aromatic carbocycles. The summed E-state index contributed by atoms with van der Waals surface area (Å²) in [4.78, 5) is 19.8. The van der Waals surface area contributed by atoms with Gasteiger partial charge >= 0.3 is 0 Å². The van der Waals surface area contributed by atoms with Crippen LogP contribution in [0.2, 0.25) is 0 Å². The monoisotopic (exact) mass is 416 g/mol. The minimum Gasteiger partial charge on any atom is -0.493 e. The van der Waals surface area contributed by atoms with Crippen LogP contribution < -0.4 is 15.4 Å². The number of ether oxygens (including phenoxy) is 1. The lowest BCUT2D eigenvalue weighted by molar-refractivity contribution is -0.114. The molecule has 3 heterocycles. The number of hydrogen-bond acceptors (Lipinski definition) is 8. The molecule has 0 aliphatic heterocycles. The number of sulfone groups is 1. The van der Waals surface area contributed by atoms with E-state index < -0.39 is 9.84 Å². The largest absolute Gasteiger partial charge is 0.493 e. The summed E-state index contributed by atoms with van der Waals surface area (Å²) < 4.78 is 30.8. The number of amides is 1. The predicted octanol–water partition coefficient (Wildman–Crippen LogP) is 1.99. The van der Waals surface area contributed by atoms with Crippen LogP contribution in [0.5, 0.6) is 5.75 Å². The summed E-state index contributed by atoms with van der Waals surface area (Å²) in [5.74, 6) is 0.594. The van der Waals surface area contributed by atoms with E-state index in [-0.39, 0.29) is 16.8 Å². The summed E-state index contributed by atoms with van der Waals surface area (Å²) in [7, 11) is -0.274. The van der Waals surface area contributed by atoms with Crippen LogP contribution in [0.1, 0.15) is 6.92 Å². The number of nitrogens with one attached hydrogen (secondary N) is 2. The summed E-state index contributed by atoms with van der Waals surface area (Å²) in [6, 6.07) is 6.30. The third kappa shape index (κ3) is 4.69. The van der Waals surface area contributed by atoms with Crippen LogP contribution in [0.4, 0.5) is 17.3 Å². The zero-order valence-corrected chi connectivity index (χ0v) is 17.1. The highest BCUT2D eigenvalue weighted by Crippen LogP contribution is 2.33. The molecule has 10 nitrogen and oxygen atoms in total. The van der Waals surface area contributed by atoms with Crippen LogP contribution in [-0.2, 0) is 21.7 Å². The molecular weight excluding hydrogens is 396 g/mol. The van der Waals surface area contributed by atoms with Gasteiger partial charge in [0, 0.05) is 44.3 Å². The standard InChI is InChI=1S/C18H20N6O4S/c1-11(25)20-16-9-14(12(10-19-16)13-7-8-24(2)23-13)21-18-15(28-3)5-6-17(22-18)29(4,26)27/h5-10H,1-4H3,(H2,19,20,21,22,25). The topological polar surface area (TPSA) is 128 Å². The Bertz CT molecular complexity index is 1170. The zero-order valence-electron chi connectivity index (χ0n) is 16.3. The number of aryl methyl sites for hydroxylation is 1. The third-order valence-electron chi connectivity index (χ3n) is 3.88. The van der Waals surface area contributed by atoms with E-state index in [4.69, 9.17) is 4.74 Å². The van der Waals surface area contributed by atoms with Crippen molar-refractivity contribution in [2.75, 3.05) is 24.0 Å². The van der Waals surface area contributed by atoms with Gasteiger partial charge in [0.1, 0.15) is 5.82 Å². The third-order valence-corrected chi connectivity index (χ3v) is 4.87. The molecule has 0 spiro atoms. The van der Waals surface area contributed by atoms with Gasteiger partial charge in [0.05, 0.1) is 18.5 Å². The highest BCUT2D eigenvalue weighted by molar-refractivity contribution is 7.90. The molecule has 1 amide bonds. The average Bonchev–Trinajstić information content (AvgIpc) is 3.07. The Hall–Kier alpha value is -3.47. The zero-order chi connectivity index (χ0) is 21.2. The lowest BCUT2D eigenvalue weighted by Crippen LogP contribution is -2.09. The minimum atomic E-state index is -3.52. The molecule has 0 atom stereocenters. The molecule has 0 aliphatic rings. The lowest BCUT2D eigenvalue weighted by atomic mass is 10.1. The van der Waals surface area contributed by atoms with Gasteiger partial charge in [-0.3, -0.25) is 9.48 Å². The molecule has 0 bridgehead atoms. The summed E-state index contributed by atoms with van der Waals surface area (Å²) >= 11 is 0. The van der Waals surface area contributed by atoms with Crippen LogP contribution in [0.3, 0.4) is 0 Å². The SMILES string of the molecule is COc1ccc(S(C)(=O)=O)nc1Nc1cc(NC(C)=O)ncc1-c1ccn(C)n1. The van der Waals surface area contributed by atoms with Gasteiger partial charge in [-0.15, -0.1) is 0 Å². The van der Waals surface area contributed by atoms with E-state index in [9.17, 15) is 13.2 Å². The van der Waals surface area contributed by atoms with Crippen molar-refractivity contribution in [3.63, 3.8) is 0 Å². The molecule has 3 rings (SSSR count). The molecule has 0 saturated carbocycles. The van der Waals surface area contributed by atoms with Crippen molar-refractivity contribution < 1.29 is 17.9 Å². The Labute approximate surface area is 167 Å². The maximum absolute atomic E-state index is 11.9. The van der Waals surface area contributed by atoms with Crippen molar-refractivity contribution in [1.29, 1.82) is 0 Å². The van der Waals surface area contributed by atoms with Gasteiger partial charge in [0.2, 0.25) is 5.91 Å². The second kappa shape index (κ2) is 7.87. The van der Waals surface area contributed by atoms with Crippen LogP contribution in [0.25, 0.3) is 11.3 Å². The number of hydrogen-bond donors (Lipinski definition) is 2.